The van der Waals surface area contributed by atoms with Crippen molar-refractivity contribution in [2.24, 2.45) is 0 Å². The van der Waals surface area contributed by atoms with E-state index in [-0.39, 0.29) is 12.0 Å². The quantitative estimate of drug-likeness (QED) is 0.719. The zero-order chi connectivity index (χ0) is 19.2. The Morgan fingerprint density at radius 1 is 1.14 bits per heavy atom. The van der Waals surface area contributed by atoms with Crippen LogP contribution in [0, 0.1) is 0 Å². The number of nitrogens with zero attached hydrogens (tertiary/aromatic N) is 3. The lowest BCUT2D eigenvalue weighted by molar-refractivity contribution is -0.122. The SMILES string of the molecule is O=C(CN1Cc2ccccc2OC(c2ccccc2)C1)NCCn1ccnc1. The van der Waals surface area contributed by atoms with Crippen LogP contribution in [0.4, 0.5) is 0 Å². The van der Waals surface area contributed by atoms with E-state index in [9.17, 15) is 4.79 Å². The number of ether oxygens (including phenoxy) is 1. The molecule has 0 spiro atoms. The third-order valence-electron chi connectivity index (χ3n) is 4.85. The standard InChI is InChI=1S/C22H24N4O2/c27-22(24-11-13-25-12-10-23-17-25)16-26-14-19-8-4-5-9-20(19)28-21(15-26)18-6-2-1-3-7-18/h1-10,12,17,21H,11,13-16H2,(H,24,27). The molecule has 0 saturated carbocycles. The van der Waals surface area contributed by atoms with Gasteiger partial charge >= 0.3 is 0 Å². The number of imidazole rings is 1. The number of carbonyl (C=O) groups excluding carboxylic acids is 1. The minimum atomic E-state index is -0.108. The number of rotatable bonds is 6. The van der Waals surface area contributed by atoms with Gasteiger partial charge in [-0.15, -0.1) is 0 Å². The summed E-state index contributed by atoms with van der Waals surface area (Å²) in [7, 11) is 0. The lowest BCUT2D eigenvalue weighted by Crippen LogP contribution is -2.39. The second-order valence-electron chi connectivity index (χ2n) is 6.94. The molecular weight excluding hydrogens is 352 g/mol. The molecule has 1 amide bonds. The van der Waals surface area contributed by atoms with Crippen molar-refractivity contribution in [1.29, 1.82) is 0 Å². The maximum atomic E-state index is 12.5. The average Bonchev–Trinajstić information content (AvgIpc) is 3.16. The predicted octanol–water partition coefficient (Wildman–Crippen LogP) is 2.64. The summed E-state index contributed by atoms with van der Waals surface area (Å²) in [5.74, 6) is 0.908. The van der Waals surface area contributed by atoms with Gasteiger partial charge in [-0.1, -0.05) is 48.5 Å². The van der Waals surface area contributed by atoms with Crippen molar-refractivity contribution >= 4 is 5.91 Å². The Balaban J connectivity index is 1.42. The lowest BCUT2D eigenvalue weighted by Gasteiger charge is -2.23. The largest absolute Gasteiger partial charge is 0.484 e. The number of benzene rings is 2. The molecule has 1 aliphatic heterocycles. The molecule has 3 aromatic rings. The molecule has 0 aliphatic carbocycles. The molecular formula is C22H24N4O2. The van der Waals surface area contributed by atoms with Gasteiger partial charge in [-0.2, -0.15) is 0 Å². The number of nitrogens with one attached hydrogen (secondary N) is 1. The van der Waals surface area contributed by atoms with E-state index in [1.54, 1.807) is 12.5 Å². The lowest BCUT2D eigenvalue weighted by atomic mass is 10.1. The van der Waals surface area contributed by atoms with E-state index < -0.39 is 0 Å². The van der Waals surface area contributed by atoms with Crippen LogP contribution in [0.1, 0.15) is 17.2 Å². The van der Waals surface area contributed by atoms with E-state index >= 15 is 0 Å². The summed E-state index contributed by atoms with van der Waals surface area (Å²) in [5.41, 5.74) is 2.22. The van der Waals surface area contributed by atoms with Gasteiger partial charge in [-0.3, -0.25) is 9.69 Å². The van der Waals surface area contributed by atoms with Crippen LogP contribution in [-0.4, -0.2) is 40.0 Å². The molecule has 0 saturated heterocycles. The molecule has 2 heterocycles. The van der Waals surface area contributed by atoms with Crippen molar-refractivity contribution in [3.63, 3.8) is 0 Å². The number of para-hydroxylation sites is 1. The number of amides is 1. The molecule has 0 radical (unpaired) electrons. The average molecular weight is 376 g/mol. The molecule has 28 heavy (non-hydrogen) atoms. The highest BCUT2D eigenvalue weighted by Crippen LogP contribution is 2.30. The Hall–Kier alpha value is -3.12. The van der Waals surface area contributed by atoms with Crippen LogP contribution < -0.4 is 10.1 Å². The van der Waals surface area contributed by atoms with Gasteiger partial charge in [0.1, 0.15) is 11.9 Å². The van der Waals surface area contributed by atoms with Gasteiger partial charge < -0.3 is 14.6 Å². The number of carbonyl (C=O) groups is 1. The fraction of sp³-hybridized carbons (Fsp3) is 0.273. The first-order valence-corrected chi connectivity index (χ1v) is 9.52. The highest BCUT2D eigenvalue weighted by molar-refractivity contribution is 5.78. The number of hydrogen-bond acceptors (Lipinski definition) is 4. The van der Waals surface area contributed by atoms with Crippen LogP contribution in [0.5, 0.6) is 5.75 Å². The van der Waals surface area contributed by atoms with Crippen LogP contribution in [0.25, 0.3) is 0 Å². The molecule has 144 valence electrons. The number of hydrogen-bond donors (Lipinski definition) is 1. The van der Waals surface area contributed by atoms with Gasteiger partial charge in [0, 0.05) is 44.1 Å². The van der Waals surface area contributed by atoms with E-state index in [1.807, 2.05) is 47.2 Å². The first-order valence-electron chi connectivity index (χ1n) is 9.52. The Morgan fingerprint density at radius 3 is 2.79 bits per heavy atom. The van der Waals surface area contributed by atoms with Crippen molar-refractivity contribution in [2.75, 3.05) is 19.6 Å². The van der Waals surface area contributed by atoms with Crippen LogP contribution >= 0.6 is 0 Å². The highest BCUT2D eigenvalue weighted by Gasteiger charge is 2.25. The van der Waals surface area contributed by atoms with Gasteiger partial charge in [-0.05, 0) is 11.6 Å². The molecule has 4 rings (SSSR count). The summed E-state index contributed by atoms with van der Waals surface area (Å²) in [6.07, 6.45) is 5.27. The molecule has 1 N–H and O–H groups in total. The maximum Gasteiger partial charge on any atom is 0.234 e. The molecule has 1 atom stereocenters. The fourth-order valence-electron chi connectivity index (χ4n) is 3.44. The molecule has 1 unspecified atom stereocenters. The molecule has 0 fully saturated rings. The predicted molar refractivity (Wildman–Crippen MR) is 107 cm³/mol. The number of fused-ring (bicyclic) bond motifs is 1. The Labute approximate surface area is 164 Å². The molecule has 2 aromatic carbocycles. The van der Waals surface area contributed by atoms with E-state index in [4.69, 9.17) is 4.74 Å². The highest BCUT2D eigenvalue weighted by atomic mass is 16.5. The molecule has 1 aromatic heterocycles. The van der Waals surface area contributed by atoms with Crippen molar-refractivity contribution < 1.29 is 9.53 Å². The van der Waals surface area contributed by atoms with E-state index in [1.165, 1.54) is 0 Å². The summed E-state index contributed by atoms with van der Waals surface area (Å²) < 4.78 is 8.25. The van der Waals surface area contributed by atoms with Crippen molar-refractivity contribution in [3.8, 4) is 5.75 Å². The summed E-state index contributed by atoms with van der Waals surface area (Å²) >= 11 is 0. The van der Waals surface area contributed by atoms with Crippen molar-refractivity contribution in [1.82, 2.24) is 19.8 Å². The zero-order valence-corrected chi connectivity index (χ0v) is 15.7. The topological polar surface area (TPSA) is 59.4 Å². The van der Waals surface area contributed by atoms with Crippen LogP contribution in [0.3, 0.4) is 0 Å². The summed E-state index contributed by atoms with van der Waals surface area (Å²) in [5, 5.41) is 3.00. The molecule has 6 nitrogen and oxygen atoms in total. The second kappa shape index (κ2) is 8.71. The first-order chi connectivity index (χ1) is 13.8. The van der Waals surface area contributed by atoms with Crippen LogP contribution in [0.2, 0.25) is 0 Å². The smallest absolute Gasteiger partial charge is 0.234 e. The molecule has 1 aliphatic rings. The minimum Gasteiger partial charge on any atom is -0.484 e. The van der Waals surface area contributed by atoms with E-state index in [2.05, 4.69) is 33.4 Å². The summed E-state index contributed by atoms with van der Waals surface area (Å²) in [4.78, 5) is 18.6. The summed E-state index contributed by atoms with van der Waals surface area (Å²) in [6.45, 7) is 2.98. The fourth-order valence-corrected chi connectivity index (χ4v) is 3.44. The number of aromatic nitrogens is 2. The van der Waals surface area contributed by atoms with Gasteiger partial charge in [0.25, 0.3) is 0 Å². The van der Waals surface area contributed by atoms with E-state index in [0.29, 0.717) is 32.7 Å². The minimum absolute atomic E-state index is 0.0197. The van der Waals surface area contributed by atoms with Crippen LogP contribution in [-0.2, 0) is 17.9 Å². The van der Waals surface area contributed by atoms with Crippen LogP contribution in [0.15, 0.2) is 73.3 Å². The van der Waals surface area contributed by atoms with Gasteiger partial charge in [0.15, 0.2) is 0 Å². The zero-order valence-electron chi connectivity index (χ0n) is 15.7. The molecule has 6 heteroatoms. The normalized spacial score (nSPS) is 16.6. The Kier molecular flexibility index (Phi) is 5.68. The Bertz CT molecular complexity index is 896. The maximum absolute atomic E-state index is 12.5. The molecule has 0 bridgehead atoms. The van der Waals surface area contributed by atoms with Gasteiger partial charge in [0.2, 0.25) is 5.91 Å². The monoisotopic (exact) mass is 376 g/mol. The second-order valence-corrected chi connectivity index (χ2v) is 6.94. The van der Waals surface area contributed by atoms with Crippen molar-refractivity contribution in [2.45, 2.75) is 19.2 Å². The Morgan fingerprint density at radius 2 is 1.96 bits per heavy atom. The first kappa shape index (κ1) is 18.3. The van der Waals surface area contributed by atoms with Gasteiger partial charge in [-0.25, -0.2) is 4.98 Å². The summed E-state index contributed by atoms with van der Waals surface area (Å²) in [6, 6.07) is 18.2. The third kappa shape index (κ3) is 4.58. The third-order valence-corrected chi connectivity index (χ3v) is 4.85. The van der Waals surface area contributed by atoms with E-state index in [0.717, 1.165) is 16.9 Å². The van der Waals surface area contributed by atoms with Gasteiger partial charge in [0.05, 0.1) is 12.9 Å². The van der Waals surface area contributed by atoms with Crippen molar-refractivity contribution in [3.05, 3.63) is 84.4 Å².